The molecular weight excluding hydrogens is 322 g/mol. The van der Waals surface area contributed by atoms with E-state index in [4.69, 9.17) is 16.3 Å². The van der Waals surface area contributed by atoms with Crippen molar-refractivity contribution in [3.63, 3.8) is 0 Å². The number of anilines is 1. The first-order valence-electron chi connectivity index (χ1n) is 6.94. The maximum absolute atomic E-state index is 12.6. The number of aromatic nitrogens is 2. The third-order valence-electron chi connectivity index (χ3n) is 3.21. The summed E-state index contributed by atoms with van der Waals surface area (Å²) in [6.07, 6.45) is 0.572. The minimum Gasteiger partial charge on any atom is -0.472 e. The molecular formula is C15H18ClN3O2S. The molecule has 0 fully saturated rings. The van der Waals surface area contributed by atoms with Crippen LogP contribution < -0.4 is 9.64 Å². The number of ether oxygens (including phenoxy) is 1. The Bertz CT molecular complexity index is 647. The highest BCUT2D eigenvalue weighted by Crippen LogP contribution is 2.26. The highest BCUT2D eigenvalue weighted by atomic mass is 35.5. The number of carbonyl (C=O) groups is 1. The number of rotatable bonds is 6. The fraction of sp³-hybridized carbons (Fsp3) is 0.400. The highest BCUT2D eigenvalue weighted by molar-refractivity contribution is 7.13. The number of hydrogen-bond acceptors (Lipinski definition) is 5. The van der Waals surface area contributed by atoms with Crippen LogP contribution in [-0.2, 0) is 11.3 Å². The lowest BCUT2D eigenvalue weighted by molar-refractivity contribution is -0.118. The molecule has 1 atom stereocenters. The molecule has 1 unspecified atom stereocenters. The Morgan fingerprint density at radius 2 is 2.14 bits per heavy atom. The third-order valence-corrected chi connectivity index (χ3v) is 4.58. The van der Waals surface area contributed by atoms with E-state index in [0.29, 0.717) is 23.2 Å². The number of hydrogen-bond donors (Lipinski definition) is 0. The molecule has 0 saturated carbocycles. The number of methoxy groups -OCH3 is 1. The molecule has 5 nitrogen and oxygen atoms in total. The number of carbonyl (C=O) groups excluding carboxylic acids is 1. The zero-order chi connectivity index (χ0) is 16.1. The van der Waals surface area contributed by atoms with Crippen molar-refractivity contribution in [1.29, 1.82) is 0 Å². The Kier molecular flexibility index (Phi) is 5.74. The van der Waals surface area contributed by atoms with Gasteiger partial charge < -0.3 is 9.64 Å². The monoisotopic (exact) mass is 339 g/mol. The van der Waals surface area contributed by atoms with E-state index in [0.717, 1.165) is 11.3 Å². The van der Waals surface area contributed by atoms with Crippen LogP contribution in [0.4, 0.5) is 5.69 Å². The van der Waals surface area contributed by atoms with Crippen LogP contribution in [0, 0.1) is 6.92 Å². The van der Waals surface area contributed by atoms with Gasteiger partial charge in [-0.1, -0.05) is 36.5 Å². The molecule has 1 aromatic heterocycles. The summed E-state index contributed by atoms with van der Waals surface area (Å²) < 4.78 is 5.05. The summed E-state index contributed by atoms with van der Waals surface area (Å²) in [5.41, 5.74) is 1.84. The number of aryl methyl sites for hydroxylation is 1. The molecule has 0 aliphatic heterocycles. The fourth-order valence-corrected chi connectivity index (χ4v) is 2.77. The van der Waals surface area contributed by atoms with Gasteiger partial charge in [-0.3, -0.25) is 4.79 Å². The molecule has 1 aromatic carbocycles. The highest BCUT2D eigenvalue weighted by Gasteiger charge is 2.25. The van der Waals surface area contributed by atoms with Gasteiger partial charge in [0.2, 0.25) is 5.91 Å². The quantitative estimate of drug-likeness (QED) is 0.757. The van der Waals surface area contributed by atoms with Gasteiger partial charge in [-0.25, -0.2) is 0 Å². The standard InChI is InChI=1S/C15H18ClN3O2S/c1-4-11(16)14(20)19(12-8-6-5-7-10(12)2)9-13-17-18-15(21-3)22-13/h5-8,11H,4,9H2,1-3H3. The minimum absolute atomic E-state index is 0.132. The SMILES string of the molecule is CCC(Cl)C(=O)N(Cc1nnc(OC)s1)c1ccccc1C. The first-order chi connectivity index (χ1) is 10.6. The molecule has 0 bridgehead atoms. The van der Waals surface area contributed by atoms with Crippen LogP contribution in [0.15, 0.2) is 24.3 Å². The smallest absolute Gasteiger partial charge is 0.293 e. The molecule has 2 aromatic rings. The average molecular weight is 340 g/mol. The first-order valence-corrected chi connectivity index (χ1v) is 8.19. The molecule has 0 radical (unpaired) electrons. The molecule has 2 rings (SSSR count). The molecule has 0 aliphatic rings. The van der Waals surface area contributed by atoms with Gasteiger partial charge >= 0.3 is 0 Å². The molecule has 0 N–H and O–H groups in total. The van der Waals surface area contributed by atoms with Gasteiger partial charge in [0, 0.05) is 5.69 Å². The number of benzene rings is 1. The van der Waals surface area contributed by atoms with Crippen molar-refractivity contribution < 1.29 is 9.53 Å². The van der Waals surface area contributed by atoms with Crippen LogP contribution in [0.5, 0.6) is 5.19 Å². The van der Waals surface area contributed by atoms with Gasteiger partial charge in [-0.15, -0.1) is 21.8 Å². The molecule has 1 heterocycles. The van der Waals surface area contributed by atoms with Gasteiger partial charge in [0.05, 0.1) is 13.7 Å². The number of halogens is 1. The lowest BCUT2D eigenvalue weighted by Crippen LogP contribution is -2.36. The van der Waals surface area contributed by atoms with Crippen LogP contribution in [-0.4, -0.2) is 28.6 Å². The predicted molar refractivity (Wildman–Crippen MR) is 88.8 cm³/mol. The predicted octanol–water partition coefficient (Wildman–Crippen LogP) is 3.41. The first kappa shape index (κ1) is 16.7. The van der Waals surface area contributed by atoms with Crippen LogP contribution in [0.3, 0.4) is 0 Å². The van der Waals surface area contributed by atoms with E-state index in [1.54, 1.807) is 12.0 Å². The minimum atomic E-state index is -0.561. The van der Waals surface area contributed by atoms with Gasteiger partial charge in [0.15, 0.2) is 0 Å². The second-order valence-corrected chi connectivity index (χ2v) is 6.30. The van der Waals surface area contributed by atoms with Crippen molar-refractivity contribution in [3.05, 3.63) is 34.8 Å². The van der Waals surface area contributed by atoms with Gasteiger partial charge in [-0.2, -0.15) is 0 Å². The summed E-state index contributed by atoms with van der Waals surface area (Å²) in [4.78, 5) is 14.3. The largest absolute Gasteiger partial charge is 0.472 e. The third kappa shape index (κ3) is 3.75. The van der Waals surface area contributed by atoms with Crippen molar-refractivity contribution >= 4 is 34.5 Å². The second kappa shape index (κ2) is 7.56. The molecule has 7 heteroatoms. The van der Waals surface area contributed by atoms with Crippen LogP contribution in [0.2, 0.25) is 0 Å². The number of nitrogens with zero attached hydrogens (tertiary/aromatic N) is 3. The summed E-state index contributed by atoms with van der Waals surface area (Å²) >= 11 is 7.48. The zero-order valence-electron chi connectivity index (χ0n) is 12.7. The van der Waals surface area contributed by atoms with Gasteiger partial charge in [0.25, 0.3) is 5.19 Å². The lowest BCUT2D eigenvalue weighted by Gasteiger charge is -2.25. The molecule has 22 heavy (non-hydrogen) atoms. The summed E-state index contributed by atoms with van der Waals surface area (Å²) in [7, 11) is 1.54. The Labute approximate surface area is 138 Å². The number of para-hydroxylation sites is 1. The summed E-state index contributed by atoms with van der Waals surface area (Å²) in [5, 5.41) is 8.58. The molecule has 0 spiro atoms. The van der Waals surface area contributed by atoms with Gasteiger partial charge in [0.1, 0.15) is 10.4 Å². The van der Waals surface area contributed by atoms with E-state index < -0.39 is 5.38 Å². The zero-order valence-corrected chi connectivity index (χ0v) is 14.3. The molecule has 1 amide bonds. The van der Waals surface area contributed by atoms with Crippen molar-refractivity contribution in [2.45, 2.75) is 32.2 Å². The number of amides is 1. The Balaban J connectivity index is 2.33. The van der Waals surface area contributed by atoms with Gasteiger partial charge in [-0.05, 0) is 25.0 Å². The molecule has 0 saturated heterocycles. The van der Waals surface area contributed by atoms with E-state index in [-0.39, 0.29) is 5.91 Å². The van der Waals surface area contributed by atoms with Crippen molar-refractivity contribution in [2.24, 2.45) is 0 Å². The molecule has 118 valence electrons. The maximum Gasteiger partial charge on any atom is 0.293 e. The van der Waals surface area contributed by atoms with Crippen LogP contribution in [0.1, 0.15) is 23.9 Å². The van der Waals surface area contributed by atoms with Crippen molar-refractivity contribution in [1.82, 2.24) is 10.2 Å². The van der Waals surface area contributed by atoms with Crippen LogP contribution >= 0.6 is 22.9 Å². The maximum atomic E-state index is 12.6. The topological polar surface area (TPSA) is 55.3 Å². The summed E-state index contributed by atoms with van der Waals surface area (Å²) in [6, 6.07) is 7.71. The van der Waals surface area contributed by atoms with E-state index >= 15 is 0 Å². The summed E-state index contributed by atoms with van der Waals surface area (Å²) in [5.74, 6) is -0.132. The number of alkyl halides is 1. The van der Waals surface area contributed by atoms with Crippen molar-refractivity contribution in [2.75, 3.05) is 12.0 Å². The summed E-state index contributed by atoms with van der Waals surface area (Å²) in [6.45, 7) is 4.18. The Morgan fingerprint density at radius 3 is 2.73 bits per heavy atom. The van der Waals surface area contributed by atoms with E-state index in [2.05, 4.69) is 10.2 Å². The van der Waals surface area contributed by atoms with E-state index in [1.165, 1.54) is 11.3 Å². The lowest BCUT2D eigenvalue weighted by atomic mass is 10.1. The Hall–Kier alpha value is -1.66. The normalized spacial score (nSPS) is 12.0. The Morgan fingerprint density at radius 1 is 1.41 bits per heavy atom. The fourth-order valence-electron chi connectivity index (χ4n) is 2.01. The average Bonchev–Trinajstić information content (AvgIpc) is 2.99. The molecule has 0 aliphatic carbocycles. The van der Waals surface area contributed by atoms with E-state index in [1.807, 2.05) is 38.1 Å². The second-order valence-electron chi connectivity index (χ2n) is 4.75. The van der Waals surface area contributed by atoms with Crippen molar-refractivity contribution in [3.8, 4) is 5.19 Å². The van der Waals surface area contributed by atoms with Crippen LogP contribution in [0.25, 0.3) is 0 Å². The van der Waals surface area contributed by atoms with E-state index in [9.17, 15) is 4.79 Å².